The number of nitrogens with one attached hydrogen (secondary N) is 1. The molecule has 0 bridgehead atoms. The topological polar surface area (TPSA) is 86.2 Å². The van der Waals surface area contributed by atoms with Gasteiger partial charge in [-0.3, -0.25) is 4.79 Å². The lowest BCUT2D eigenvalue weighted by molar-refractivity contribution is -0.137. The molecule has 1 aromatic heterocycles. The summed E-state index contributed by atoms with van der Waals surface area (Å²) in [6.07, 6.45) is -0.0321. The first-order valence-corrected chi connectivity index (χ1v) is 6.90. The van der Waals surface area contributed by atoms with Crippen LogP contribution in [0.4, 0.5) is 5.95 Å². The van der Waals surface area contributed by atoms with Gasteiger partial charge in [0.25, 0.3) is 0 Å². The number of hydrogen-bond acceptors (Lipinski definition) is 8. The fourth-order valence-electron chi connectivity index (χ4n) is 1.09. The number of hydrogen-bond donors (Lipinski definition) is 1. The molecule has 0 atom stereocenters. The van der Waals surface area contributed by atoms with Crippen LogP contribution in [0.1, 0.15) is 20.8 Å². The minimum atomic E-state index is -0.332. The van der Waals surface area contributed by atoms with E-state index in [0.29, 0.717) is 17.6 Å². The summed E-state index contributed by atoms with van der Waals surface area (Å²) in [5, 5.41) is 3.41. The van der Waals surface area contributed by atoms with Gasteiger partial charge in [-0.05, 0) is 20.8 Å². The molecule has 0 unspecified atom stereocenters. The summed E-state index contributed by atoms with van der Waals surface area (Å²) in [6, 6.07) is 0.244. The van der Waals surface area contributed by atoms with Crippen LogP contribution in [0.15, 0.2) is 5.16 Å². The molecule has 0 aliphatic rings. The molecule has 1 aromatic rings. The van der Waals surface area contributed by atoms with E-state index in [1.54, 1.807) is 0 Å². The highest BCUT2D eigenvalue weighted by Crippen LogP contribution is 2.18. The van der Waals surface area contributed by atoms with Crippen LogP contribution in [0.2, 0.25) is 0 Å². The Morgan fingerprint density at radius 3 is 2.68 bits per heavy atom. The maximum absolute atomic E-state index is 11.1. The largest absolute Gasteiger partial charge is 0.468 e. The molecule has 0 aromatic carbocycles. The molecule has 7 nitrogen and oxygen atoms in total. The monoisotopic (exact) mass is 286 g/mol. The summed E-state index contributed by atoms with van der Waals surface area (Å²) >= 11 is 1.18. The molecule has 19 heavy (non-hydrogen) atoms. The number of methoxy groups -OCH3 is 1. The smallest absolute Gasteiger partial charge is 0.322 e. The highest BCUT2D eigenvalue weighted by molar-refractivity contribution is 7.99. The summed E-state index contributed by atoms with van der Waals surface area (Å²) in [5.41, 5.74) is 0. The van der Waals surface area contributed by atoms with Crippen LogP contribution in [-0.2, 0) is 9.53 Å². The van der Waals surface area contributed by atoms with Gasteiger partial charge in [-0.1, -0.05) is 11.8 Å². The van der Waals surface area contributed by atoms with Crippen LogP contribution in [0.3, 0.4) is 0 Å². The first-order valence-electron chi connectivity index (χ1n) is 5.91. The fraction of sp³-hybridized carbons (Fsp3) is 0.636. The minimum absolute atomic E-state index is 0.0321. The Morgan fingerprint density at radius 2 is 2.11 bits per heavy atom. The third-order valence-corrected chi connectivity index (χ3v) is 2.64. The van der Waals surface area contributed by atoms with E-state index in [4.69, 9.17) is 4.74 Å². The third kappa shape index (κ3) is 5.73. The van der Waals surface area contributed by atoms with Crippen molar-refractivity contribution in [1.29, 1.82) is 0 Å². The molecule has 0 saturated heterocycles. The number of esters is 1. The van der Waals surface area contributed by atoms with Crippen molar-refractivity contribution in [3.63, 3.8) is 0 Å². The maximum atomic E-state index is 11.1. The number of rotatable bonds is 7. The molecule has 0 fully saturated rings. The number of carbonyl (C=O) groups is 1. The average molecular weight is 286 g/mol. The molecule has 106 valence electrons. The van der Waals surface area contributed by atoms with Gasteiger partial charge in [0.15, 0.2) is 5.16 Å². The van der Waals surface area contributed by atoms with Gasteiger partial charge in [0, 0.05) is 6.54 Å². The third-order valence-electron chi connectivity index (χ3n) is 1.82. The summed E-state index contributed by atoms with van der Waals surface area (Å²) < 4.78 is 10.0. The van der Waals surface area contributed by atoms with Crippen LogP contribution in [0.5, 0.6) is 6.01 Å². The van der Waals surface area contributed by atoms with Crippen LogP contribution in [0, 0.1) is 0 Å². The molecular formula is C11H18N4O3S. The van der Waals surface area contributed by atoms with Crippen LogP contribution >= 0.6 is 11.8 Å². The van der Waals surface area contributed by atoms with Crippen molar-refractivity contribution in [2.24, 2.45) is 0 Å². The van der Waals surface area contributed by atoms with E-state index >= 15 is 0 Å². The number of ether oxygens (including phenoxy) is 2. The summed E-state index contributed by atoms with van der Waals surface area (Å²) in [7, 11) is 1.34. The Bertz CT molecular complexity index is 428. The zero-order valence-corrected chi connectivity index (χ0v) is 12.3. The van der Waals surface area contributed by atoms with Gasteiger partial charge in [0.05, 0.1) is 19.0 Å². The Morgan fingerprint density at radius 1 is 1.37 bits per heavy atom. The zero-order valence-electron chi connectivity index (χ0n) is 11.5. The predicted octanol–water partition coefficient (Wildman–Crippen LogP) is 1.36. The van der Waals surface area contributed by atoms with E-state index in [-0.39, 0.29) is 23.8 Å². The van der Waals surface area contributed by atoms with Crippen LogP contribution in [0.25, 0.3) is 0 Å². The quantitative estimate of drug-likeness (QED) is 0.594. The van der Waals surface area contributed by atoms with Gasteiger partial charge in [-0.15, -0.1) is 0 Å². The lowest BCUT2D eigenvalue weighted by Crippen LogP contribution is -2.12. The van der Waals surface area contributed by atoms with E-state index < -0.39 is 0 Å². The van der Waals surface area contributed by atoms with Crippen molar-refractivity contribution >= 4 is 23.7 Å². The zero-order chi connectivity index (χ0) is 14.3. The van der Waals surface area contributed by atoms with E-state index in [0.717, 1.165) is 0 Å². The van der Waals surface area contributed by atoms with E-state index in [9.17, 15) is 4.79 Å². The van der Waals surface area contributed by atoms with E-state index in [1.165, 1.54) is 18.9 Å². The van der Waals surface area contributed by atoms with E-state index in [1.807, 2.05) is 20.8 Å². The molecule has 0 spiro atoms. The van der Waals surface area contributed by atoms with Crippen LogP contribution in [-0.4, -0.2) is 46.4 Å². The highest BCUT2D eigenvalue weighted by Gasteiger charge is 2.11. The molecule has 0 aliphatic heterocycles. The van der Waals surface area contributed by atoms with Crippen LogP contribution < -0.4 is 10.1 Å². The lowest BCUT2D eigenvalue weighted by atomic mass is 10.5. The summed E-state index contributed by atoms with van der Waals surface area (Å²) in [6.45, 7) is 6.40. The Kier molecular flexibility index (Phi) is 6.34. The predicted molar refractivity (Wildman–Crippen MR) is 72.5 cm³/mol. The molecule has 0 amide bonds. The summed E-state index contributed by atoms with van der Waals surface area (Å²) in [4.78, 5) is 23.5. The second-order valence-electron chi connectivity index (χ2n) is 3.79. The number of nitrogens with zero attached hydrogens (tertiary/aromatic N) is 3. The van der Waals surface area contributed by atoms with Crippen molar-refractivity contribution in [3.8, 4) is 6.01 Å². The van der Waals surface area contributed by atoms with Gasteiger partial charge in [-0.2, -0.15) is 15.0 Å². The maximum Gasteiger partial charge on any atom is 0.322 e. The minimum Gasteiger partial charge on any atom is -0.468 e. The van der Waals surface area contributed by atoms with Gasteiger partial charge >= 0.3 is 12.0 Å². The standard InChI is InChI=1S/C11H18N4O3S/c1-5-12-9-13-10(18-7(2)3)15-11(14-9)19-6-8(16)17-4/h7H,5-6H2,1-4H3,(H,12,13,14,15). The fourth-order valence-corrected chi connectivity index (χ4v) is 1.74. The average Bonchev–Trinajstić information content (AvgIpc) is 2.35. The van der Waals surface area contributed by atoms with E-state index in [2.05, 4.69) is 25.0 Å². The van der Waals surface area contributed by atoms with Crippen molar-refractivity contribution < 1.29 is 14.3 Å². The highest BCUT2D eigenvalue weighted by atomic mass is 32.2. The van der Waals surface area contributed by atoms with Gasteiger partial charge < -0.3 is 14.8 Å². The normalized spacial score (nSPS) is 10.4. The molecule has 8 heteroatoms. The Balaban J connectivity index is 2.82. The molecule has 0 radical (unpaired) electrons. The van der Waals surface area contributed by atoms with Crippen molar-refractivity contribution in [2.75, 3.05) is 24.7 Å². The molecule has 1 N–H and O–H groups in total. The van der Waals surface area contributed by atoms with Gasteiger partial charge in [0.1, 0.15) is 0 Å². The van der Waals surface area contributed by atoms with Crippen molar-refractivity contribution in [3.05, 3.63) is 0 Å². The van der Waals surface area contributed by atoms with Gasteiger partial charge in [-0.25, -0.2) is 0 Å². The molecular weight excluding hydrogens is 268 g/mol. The van der Waals surface area contributed by atoms with Gasteiger partial charge in [0.2, 0.25) is 5.95 Å². The first kappa shape index (κ1) is 15.5. The lowest BCUT2D eigenvalue weighted by Gasteiger charge is -2.10. The molecule has 0 saturated carbocycles. The SMILES string of the molecule is CCNc1nc(OC(C)C)nc(SCC(=O)OC)n1. The molecule has 1 heterocycles. The Labute approximate surface area is 116 Å². The summed E-state index contributed by atoms with van der Waals surface area (Å²) in [5.74, 6) is 0.245. The second kappa shape index (κ2) is 7.78. The Hall–Kier alpha value is -1.57. The second-order valence-corrected chi connectivity index (χ2v) is 4.73. The molecule has 0 aliphatic carbocycles. The number of aromatic nitrogens is 3. The molecule has 1 rings (SSSR count). The first-order chi connectivity index (χ1) is 9.05. The number of carbonyl (C=O) groups excluding carboxylic acids is 1. The van der Waals surface area contributed by atoms with Crippen molar-refractivity contribution in [2.45, 2.75) is 32.0 Å². The number of thioether (sulfide) groups is 1. The van der Waals surface area contributed by atoms with Crippen molar-refractivity contribution in [1.82, 2.24) is 15.0 Å². The number of anilines is 1.